The molecule has 0 radical (unpaired) electrons. The first kappa shape index (κ1) is 25.2. The van der Waals surface area contributed by atoms with E-state index in [0.717, 1.165) is 5.56 Å². The van der Waals surface area contributed by atoms with Gasteiger partial charge >= 0.3 is 11.9 Å². The van der Waals surface area contributed by atoms with Gasteiger partial charge in [0.25, 0.3) is 0 Å². The number of carbonyl (C=O) groups is 2. The molecule has 1 unspecified atom stereocenters. The number of esters is 2. The summed E-state index contributed by atoms with van der Waals surface area (Å²) in [5.74, 6) is -1.74. The zero-order valence-electron chi connectivity index (χ0n) is 18.3. The number of rotatable bonds is 7. The van der Waals surface area contributed by atoms with Crippen LogP contribution in [0.3, 0.4) is 0 Å². The van der Waals surface area contributed by atoms with Gasteiger partial charge in [-0.05, 0) is 23.8 Å². The van der Waals surface area contributed by atoms with E-state index in [4.69, 9.17) is 37.4 Å². The monoisotopic (exact) mass is 520 g/mol. The van der Waals surface area contributed by atoms with Gasteiger partial charge in [-0.15, -0.1) is 0 Å². The van der Waals surface area contributed by atoms with E-state index in [2.05, 4.69) is 11.7 Å². The number of benzene rings is 2. The summed E-state index contributed by atoms with van der Waals surface area (Å²) >= 11 is 12.3. The maximum Gasteiger partial charge on any atom is 0.361 e. The smallest absolute Gasteiger partial charge is 0.361 e. The van der Waals surface area contributed by atoms with Gasteiger partial charge in [0.2, 0.25) is 6.29 Å². The Morgan fingerprint density at radius 2 is 2.00 bits per heavy atom. The summed E-state index contributed by atoms with van der Waals surface area (Å²) in [5.41, 5.74) is 1.43. The summed E-state index contributed by atoms with van der Waals surface area (Å²) in [6.45, 7) is 3.61. The second kappa shape index (κ2) is 10.8. The van der Waals surface area contributed by atoms with Crippen LogP contribution in [0, 0.1) is 0 Å². The molecule has 1 saturated heterocycles. The van der Waals surface area contributed by atoms with E-state index in [9.17, 15) is 19.8 Å². The van der Waals surface area contributed by atoms with Crippen LogP contribution in [-0.2, 0) is 25.5 Å². The third-order valence-corrected chi connectivity index (χ3v) is 6.02. The predicted octanol–water partition coefficient (Wildman–Crippen LogP) is 3.11. The van der Waals surface area contributed by atoms with E-state index in [-0.39, 0.29) is 25.3 Å². The van der Waals surface area contributed by atoms with E-state index >= 15 is 0 Å². The number of carbonyl (C=O) groups excluding carboxylic acids is 2. The van der Waals surface area contributed by atoms with Gasteiger partial charge in [0.05, 0.1) is 18.2 Å². The molecule has 4 rings (SSSR count). The third-order valence-electron chi connectivity index (χ3n) is 5.44. The normalized spacial score (nSPS) is 22.1. The fourth-order valence-electron chi connectivity index (χ4n) is 3.72. The molecule has 2 N–H and O–H groups in total. The van der Waals surface area contributed by atoms with Crippen LogP contribution in [0.4, 0.5) is 0 Å². The Balaban J connectivity index is 1.56. The van der Waals surface area contributed by atoms with Crippen molar-refractivity contribution in [3.63, 3.8) is 0 Å². The lowest BCUT2D eigenvalue weighted by Gasteiger charge is -2.34. The Kier molecular flexibility index (Phi) is 7.73. The van der Waals surface area contributed by atoms with Crippen molar-refractivity contribution >= 4 is 46.0 Å². The molecule has 3 aromatic rings. The summed E-state index contributed by atoms with van der Waals surface area (Å²) in [7, 11) is 0. The Morgan fingerprint density at radius 1 is 1.23 bits per heavy atom. The molecule has 0 amide bonds. The Labute approximate surface area is 210 Å². The maximum atomic E-state index is 13.0. The van der Waals surface area contributed by atoms with E-state index < -0.39 is 36.5 Å². The highest BCUT2D eigenvalue weighted by molar-refractivity contribution is 6.35. The number of ether oxygens (including phenoxy) is 3. The highest BCUT2D eigenvalue weighted by atomic mass is 35.5. The molecule has 35 heavy (non-hydrogen) atoms. The number of halogens is 2. The van der Waals surface area contributed by atoms with Crippen LogP contribution in [-0.4, -0.2) is 63.1 Å². The topological polar surface area (TPSA) is 120 Å². The highest BCUT2D eigenvalue weighted by Crippen LogP contribution is 2.27. The zero-order chi connectivity index (χ0) is 25.1. The van der Waals surface area contributed by atoms with Crippen molar-refractivity contribution in [2.24, 2.45) is 0 Å². The number of aliphatic hydroxyl groups is 2. The van der Waals surface area contributed by atoms with Crippen LogP contribution in [0.1, 0.15) is 22.5 Å². The van der Waals surface area contributed by atoms with E-state index in [0.29, 0.717) is 20.9 Å². The Hall–Kier alpha value is -2.95. The van der Waals surface area contributed by atoms with Crippen molar-refractivity contribution in [1.82, 2.24) is 9.78 Å². The van der Waals surface area contributed by atoms with Gasteiger partial charge in [-0.25, -0.2) is 9.59 Å². The molecule has 1 aromatic heterocycles. The average Bonchev–Trinajstić information content (AvgIpc) is 3.20. The van der Waals surface area contributed by atoms with Crippen molar-refractivity contribution in [2.45, 2.75) is 37.6 Å². The second-order valence-corrected chi connectivity index (χ2v) is 8.71. The van der Waals surface area contributed by atoms with Gasteiger partial charge in [0.1, 0.15) is 12.7 Å². The number of aromatic nitrogens is 2. The fourth-order valence-corrected chi connectivity index (χ4v) is 4.19. The molecule has 0 bridgehead atoms. The minimum atomic E-state index is -1.54. The quantitative estimate of drug-likeness (QED) is 0.360. The van der Waals surface area contributed by atoms with E-state index in [1.54, 1.807) is 47.1 Å². The van der Waals surface area contributed by atoms with E-state index in [1.807, 2.05) is 0 Å². The molecule has 9 nitrogen and oxygen atoms in total. The van der Waals surface area contributed by atoms with Crippen molar-refractivity contribution in [1.29, 1.82) is 0 Å². The summed E-state index contributed by atoms with van der Waals surface area (Å²) in [6, 6.07) is 12.2. The number of para-hydroxylation sites is 1. The van der Waals surface area contributed by atoms with Gasteiger partial charge in [-0.3, -0.25) is 4.68 Å². The number of hydrogen-bond donors (Lipinski definition) is 2. The maximum absolute atomic E-state index is 13.0. The average molecular weight is 521 g/mol. The molecule has 2 heterocycles. The van der Waals surface area contributed by atoms with Gasteiger partial charge in [-0.2, -0.15) is 5.10 Å². The summed E-state index contributed by atoms with van der Waals surface area (Å²) in [4.78, 5) is 25.2. The molecule has 2 aromatic carbocycles. The molecule has 1 aliphatic rings. The van der Waals surface area contributed by atoms with Crippen molar-refractivity contribution in [3.05, 3.63) is 76.4 Å². The molecule has 0 saturated carbocycles. The molecule has 1 fully saturated rings. The van der Waals surface area contributed by atoms with Gasteiger partial charge in [-0.1, -0.05) is 60.1 Å². The lowest BCUT2D eigenvalue weighted by molar-refractivity contribution is -0.238. The van der Waals surface area contributed by atoms with Gasteiger partial charge < -0.3 is 24.4 Å². The molecule has 0 spiro atoms. The lowest BCUT2D eigenvalue weighted by Crippen LogP contribution is -2.53. The minimum absolute atomic E-state index is 0.0145. The fraction of sp³-hybridized carbons (Fsp3) is 0.292. The first-order chi connectivity index (χ1) is 16.8. The number of fused-ring (bicyclic) bond motifs is 1. The summed E-state index contributed by atoms with van der Waals surface area (Å²) in [5, 5.41) is 26.2. The second-order valence-electron chi connectivity index (χ2n) is 7.86. The molecule has 1 aliphatic heterocycles. The van der Waals surface area contributed by atoms with Crippen molar-refractivity contribution in [3.8, 4) is 0 Å². The van der Waals surface area contributed by atoms with E-state index in [1.165, 1.54) is 6.08 Å². The predicted molar refractivity (Wildman–Crippen MR) is 127 cm³/mol. The van der Waals surface area contributed by atoms with Gasteiger partial charge in [0, 0.05) is 21.9 Å². The Morgan fingerprint density at radius 3 is 2.74 bits per heavy atom. The third kappa shape index (κ3) is 5.50. The van der Waals surface area contributed by atoms with Crippen LogP contribution in [0.15, 0.2) is 55.1 Å². The van der Waals surface area contributed by atoms with Crippen molar-refractivity contribution < 1.29 is 34.0 Å². The minimum Gasteiger partial charge on any atom is -0.459 e. The van der Waals surface area contributed by atoms with Crippen LogP contribution in [0.5, 0.6) is 0 Å². The summed E-state index contributed by atoms with van der Waals surface area (Å²) < 4.78 is 17.3. The van der Waals surface area contributed by atoms with Crippen LogP contribution >= 0.6 is 23.2 Å². The summed E-state index contributed by atoms with van der Waals surface area (Å²) in [6.07, 6.45) is -4.64. The molecular weight excluding hydrogens is 499 g/mol. The largest absolute Gasteiger partial charge is 0.459 e. The first-order valence-electron chi connectivity index (χ1n) is 10.7. The molecule has 0 aliphatic carbocycles. The highest BCUT2D eigenvalue weighted by Gasteiger charge is 2.43. The number of hydrogen-bond acceptors (Lipinski definition) is 8. The van der Waals surface area contributed by atoms with Crippen molar-refractivity contribution in [2.75, 3.05) is 6.61 Å². The first-order valence-corrected chi connectivity index (χ1v) is 11.4. The lowest BCUT2D eigenvalue weighted by atomic mass is 10.0. The van der Waals surface area contributed by atoms with Crippen LogP contribution in [0.2, 0.25) is 10.0 Å². The molecular formula is C24H22Cl2N2O7. The standard InChI is InChI=1S/C24H22Cl2N2O7/c1-2-9-33-24(32)22-21(30)18(29)11-19(34-22)35-23(31)20-15-5-3-4-6-17(15)28(27-20)12-13-7-8-14(25)10-16(13)26/h2-8,10,18-19,21-22,29-30H,1,9,11-12H2/t18-,19?,21+,22+/m1/s1. The molecule has 4 atom stereocenters. The SMILES string of the molecule is C=CCOC(=O)[C@H]1OC(OC(=O)c2nn(Cc3ccc(Cl)cc3Cl)c3ccccc23)C[C@@H](O)[C@@H]1O. The number of aliphatic hydroxyl groups excluding tert-OH is 2. The molecule has 11 heteroatoms. The van der Waals surface area contributed by atoms with Crippen LogP contribution < -0.4 is 0 Å². The van der Waals surface area contributed by atoms with Gasteiger partial charge in [0.15, 0.2) is 11.8 Å². The Bertz CT molecular complexity index is 1260. The zero-order valence-corrected chi connectivity index (χ0v) is 19.9. The molecule has 184 valence electrons. The van der Waals surface area contributed by atoms with Crippen LogP contribution in [0.25, 0.3) is 10.9 Å². The number of nitrogens with zero attached hydrogens (tertiary/aromatic N) is 2.